The predicted molar refractivity (Wildman–Crippen MR) is 107 cm³/mol. The highest BCUT2D eigenvalue weighted by atomic mass is 19.1. The molecule has 1 aromatic heterocycles. The van der Waals surface area contributed by atoms with Crippen molar-refractivity contribution in [3.05, 3.63) is 53.9 Å². The average molecular weight is 388 g/mol. The third-order valence-corrected chi connectivity index (χ3v) is 5.44. The molecule has 1 saturated heterocycles. The van der Waals surface area contributed by atoms with Crippen molar-refractivity contribution in [1.82, 2.24) is 25.1 Å². The van der Waals surface area contributed by atoms with E-state index in [1.165, 1.54) is 25.0 Å². The molecule has 1 aromatic carbocycles. The minimum atomic E-state index is -0.527. The van der Waals surface area contributed by atoms with Crippen molar-refractivity contribution in [2.45, 2.75) is 38.8 Å². The number of carbonyl (C=O) groups is 1. The molecule has 3 unspecified atom stereocenters. The summed E-state index contributed by atoms with van der Waals surface area (Å²) in [5, 5.41) is 5.92. The highest BCUT2D eigenvalue weighted by Gasteiger charge is 2.23. The number of carbonyl (C=O) groups excluding carboxylic acids is 1. The first-order valence-electron chi connectivity index (χ1n) is 9.95. The van der Waals surface area contributed by atoms with Crippen LogP contribution in [-0.2, 0) is 7.05 Å². The van der Waals surface area contributed by atoms with E-state index in [0.717, 1.165) is 13.1 Å². The van der Waals surface area contributed by atoms with Gasteiger partial charge in [-0.3, -0.25) is 4.90 Å². The zero-order valence-electron chi connectivity index (χ0n) is 16.9. The Labute approximate surface area is 166 Å². The van der Waals surface area contributed by atoms with Gasteiger partial charge in [-0.25, -0.2) is 14.2 Å². The summed E-state index contributed by atoms with van der Waals surface area (Å²) in [6.45, 7) is 7.13. The van der Waals surface area contributed by atoms with Gasteiger partial charge in [0.2, 0.25) is 0 Å². The smallest absolute Gasteiger partial charge is 0.315 e. The molecule has 28 heavy (non-hydrogen) atoms. The molecule has 7 heteroatoms. The maximum atomic E-state index is 13.7. The predicted octanol–water partition coefficient (Wildman–Crippen LogP) is 3.07. The zero-order valence-corrected chi connectivity index (χ0v) is 16.9. The maximum absolute atomic E-state index is 13.7. The van der Waals surface area contributed by atoms with Crippen LogP contribution in [0.3, 0.4) is 0 Å². The van der Waals surface area contributed by atoms with E-state index in [2.05, 4.69) is 34.4 Å². The van der Waals surface area contributed by atoms with Crippen LogP contribution in [0.15, 0.2) is 36.7 Å². The summed E-state index contributed by atoms with van der Waals surface area (Å²) in [6.07, 6.45) is 5.95. The van der Waals surface area contributed by atoms with Crippen molar-refractivity contribution in [2.24, 2.45) is 13.0 Å². The monoisotopic (exact) mass is 387 g/mol. The van der Waals surface area contributed by atoms with E-state index in [0.29, 0.717) is 23.9 Å². The standard InChI is InChI=1S/C21H30FN5O/c1-15-6-5-10-27(14-15)16(2)13-24-21(28)25-19(20-23-9-11-26(20)3)17-7-4-8-18(22)12-17/h4,7-9,11-12,15-16,19H,5-6,10,13-14H2,1-3H3,(H2,24,25,28). The summed E-state index contributed by atoms with van der Waals surface area (Å²) in [5.74, 6) is 1.01. The number of nitrogens with one attached hydrogen (secondary N) is 2. The second kappa shape index (κ2) is 9.19. The largest absolute Gasteiger partial charge is 0.337 e. The van der Waals surface area contributed by atoms with E-state index < -0.39 is 6.04 Å². The van der Waals surface area contributed by atoms with Gasteiger partial charge in [0.05, 0.1) is 0 Å². The number of hydrogen-bond donors (Lipinski definition) is 2. The number of urea groups is 1. The number of nitrogens with zero attached hydrogens (tertiary/aromatic N) is 3. The van der Waals surface area contributed by atoms with Crippen molar-refractivity contribution in [1.29, 1.82) is 0 Å². The fraction of sp³-hybridized carbons (Fsp3) is 0.524. The molecule has 1 fully saturated rings. The van der Waals surface area contributed by atoms with Crippen molar-refractivity contribution in [3.8, 4) is 0 Å². The summed E-state index contributed by atoms with van der Waals surface area (Å²) in [7, 11) is 1.85. The Morgan fingerprint density at radius 1 is 1.43 bits per heavy atom. The summed E-state index contributed by atoms with van der Waals surface area (Å²) < 4.78 is 15.6. The first-order valence-corrected chi connectivity index (χ1v) is 9.95. The lowest BCUT2D eigenvalue weighted by Crippen LogP contribution is -2.48. The molecular weight excluding hydrogens is 357 g/mol. The van der Waals surface area contributed by atoms with Crippen molar-refractivity contribution in [2.75, 3.05) is 19.6 Å². The van der Waals surface area contributed by atoms with Crippen LogP contribution in [0.2, 0.25) is 0 Å². The molecule has 2 amide bonds. The molecule has 0 radical (unpaired) electrons. The van der Waals surface area contributed by atoms with Gasteiger partial charge < -0.3 is 15.2 Å². The summed E-state index contributed by atoms with van der Waals surface area (Å²) in [6, 6.07) is 5.71. The number of aryl methyl sites for hydroxylation is 1. The summed E-state index contributed by atoms with van der Waals surface area (Å²) >= 11 is 0. The van der Waals surface area contributed by atoms with Crippen molar-refractivity contribution in [3.63, 3.8) is 0 Å². The molecule has 1 aliphatic heterocycles. The van der Waals surface area contributed by atoms with Gasteiger partial charge in [-0.2, -0.15) is 0 Å². The molecule has 3 atom stereocenters. The number of piperidine rings is 1. The molecule has 152 valence electrons. The summed E-state index contributed by atoms with van der Waals surface area (Å²) in [4.78, 5) is 19.4. The van der Waals surface area contributed by atoms with Gasteiger partial charge in [-0.15, -0.1) is 0 Å². The van der Waals surface area contributed by atoms with Gasteiger partial charge in [0.25, 0.3) is 0 Å². The van der Waals surface area contributed by atoms with Crippen LogP contribution in [0.5, 0.6) is 0 Å². The molecule has 0 aliphatic carbocycles. The maximum Gasteiger partial charge on any atom is 0.315 e. The molecule has 0 saturated carbocycles. The number of aromatic nitrogens is 2. The lowest BCUT2D eigenvalue weighted by molar-refractivity contribution is 0.137. The highest BCUT2D eigenvalue weighted by Crippen LogP contribution is 2.21. The Hall–Kier alpha value is -2.41. The molecular formula is C21H30FN5O. The van der Waals surface area contributed by atoms with Crippen molar-refractivity contribution >= 4 is 6.03 Å². The van der Waals surface area contributed by atoms with E-state index >= 15 is 0 Å². The van der Waals surface area contributed by atoms with E-state index in [4.69, 9.17) is 0 Å². The first-order chi connectivity index (χ1) is 13.4. The Kier molecular flexibility index (Phi) is 6.67. The highest BCUT2D eigenvalue weighted by molar-refractivity contribution is 5.74. The van der Waals surface area contributed by atoms with Gasteiger partial charge in [-0.1, -0.05) is 19.1 Å². The van der Waals surface area contributed by atoms with Gasteiger partial charge in [0, 0.05) is 38.6 Å². The van der Waals surface area contributed by atoms with E-state index in [-0.39, 0.29) is 17.9 Å². The van der Waals surface area contributed by atoms with Crippen LogP contribution in [0.25, 0.3) is 0 Å². The van der Waals surface area contributed by atoms with E-state index in [9.17, 15) is 9.18 Å². The topological polar surface area (TPSA) is 62.2 Å². The minimum absolute atomic E-state index is 0.272. The quantitative estimate of drug-likeness (QED) is 0.801. The number of halogens is 1. The SMILES string of the molecule is CC1CCCN(C(C)CNC(=O)NC(c2cccc(F)c2)c2nccn2C)C1. The Balaban J connectivity index is 1.64. The van der Waals surface area contributed by atoms with Crippen molar-refractivity contribution < 1.29 is 9.18 Å². The number of benzene rings is 1. The van der Waals surface area contributed by atoms with Crippen LogP contribution in [0.1, 0.15) is 44.1 Å². The Bertz CT molecular complexity index is 793. The third kappa shape index (κ3) is 5.10. The van der Waals surface area contributed by atoms with Crippen LogP contribution >= 0.6 is 0 Å². The Morgan fingerprint density at radius 2 is 2.25 bits per heavy atom. The second-order valence-electron chi connectivity index (χ2n) is 7.83. The Morgan fingerprint density at radius 3 is 2.93 bits per heavy atom. The second-order valence-corrected chi connectivity index (χ2v) is 7.83. The van der Waals surface area contributed by atoms with Crippen LogP contribution in [0.4, 0.5) is 9.18 Å². The third-order valence-electron chi connectivity index (χ3n) is 5.44. The fourth-order valence-corrected chi connectivity index (χ4v) is 3.82. The molecule has 2 heterocycles. The zero-order chi connectivity index (χ0) is 20.1. The van der Waals surface area contributed by atoms with Gasteiger partial charge >= 0.3 is 6.03 Å². The van der Waals surface area contributed by atoms with Crippen LogP contribution in [-0.4, -0.2) is 46.2 Å². The van der Waals surface area contributed by atoms with Crippen LogP contribution in [0, 0.1) is 11.7 Å². The molecule has 0 bridgehead atoms. The lowest BCUT2D eigenvalue weighted by atomic mass is 9.99. The number of imidazole rings is 1. The molecule has 1 aliphatic rings. The number of hydrogen-bond acceptors (Lipinski definition) is 3. The molecule has 2 aromatic rings. The summed E-state index contributed by atoms with van der Waals surface area (Å²) in [5.41, 5.74) is 0.655. The van der Waals surface area contributed by atoms with E-state index in [1.54, 1.807) is 24.5 Å². The normalized spacial score (nSPS) is 19.8. The first kappa shape index (κ1) is 20.3. The van der Waals surface area contributed by atoms with E-state index in [1.807, 2.05) is 11.6 Å². The molecule has 0 spiro atoms. The fourth-order valence-electron chi connectivity index (χ4n) is 3.82. The number of amides is 2. The number of likely N-dealkylation sites (tertiary alicyclic amines) is 1. The average Bonchev–Trinajstić information content (AvgIpc) is 3.09. The van der Waals surface area contributed by atoms with Crippen LogP contribution < -0.4 is 10.6 Å². The number of rotatable bonds is 6. The minimum Gasteiger partial charge on any atom is -0.337 e. The van der Waals surface area contributed by atoms with Gasteiger partial charge in [-0.05, 0) is 49.9 Å². The molecule has 3 rings (SSSR count). The van der Waals surface area contributed by atoms with Gasteiger partial charge in [0.1, 0.15) is 17.7 Å². The lowest BCUT2D eigenvalue weighted by Gasteiger charge is -2.35. The van der Waals surface area contributed by atoms with Gasteiger partial charge in [0.15, 0.2) is 0 Å². The molecule has 6 nitrogen and oxygen atoms in total. The molecule has 2 N–H and O–H groups in total.